The van der Waals surface area contributed by atoms with E-state index in [1.54, 1.807) is 0 Å². The molecule has 0 amide bonds. The van der Waals surface area contributed by atoms with Crippen molar-refractivity contribution in [3.05, 3.63) is 54.6 Å². The van der Waals surface area contributed by atoms with Gasteiger partial charge in [0.2, 0.25) is 0 Å². The predicted molar refractivity (Wildman–Crippen MR) is 86.7 cm³/mol. The van der Waals surface area contributed by atoms with E-state index in [0.29, 0.717) is 0 Å². The molecule has 2 rings (SSSR count). The molecule has 21 heavy (non-hydrogen) atoms. The molecule has 2 aromatic carbocycles. The van der Waals surface area contributed by atoms with Gasteiger partial charge in [-0.2, -0.15) is 0 Å². The predicted octanol–water partition coefficient (Wildman–Crippen LogP) is 0.440. The topological polar surface area (TPSA) is 30.3 Å². The standard InChI is InChI=1S/C18H24N2O/c1-20(2)14-12-19-13-15-21-18-10-8-17(9-11-18)16-6-4-3-5-7-16/h3-11,19H,12-15H2,1-2H3/p+2. The number of nitrogens with one attached hydrogen (secondary N) is 1. The molecular weight excluding hydrogens is 260 g/mol. The number of quaternary nitrogens is 2. The van der Waals surface area contributed by atoms with Gasteiger partial charge >= 0.3 is 0 Å². The maximum absolute atomic E-state index is 5.77. The van der Waals surface area contributed by atoms with Crippen LogP contribution in [0.15, 0.2) is 54.6 Å². The van der Waals surface area contributed by atoms with Crippen LogP contribution in [-0.2, 0) is 0 Å². The average Bonchev–Trinajstić information content (AvgIpc) is 2.52. The second kappa shape index (κ2) is 8.45. The Labute approximate surface area is 127 Å². The van der Waals surface area contributed by atoms with Gasteiger partial charge in [-0.15, -0.1) is 0 Å². The molecule has 0 bridgehead atoms. The number of rotatable bonds is 8. The Kier molecular flexibility index (Phi) is 6.25. The first-order chi connectivity index (χ1) is 10.3. The minimum absolute atomic E-state index is 0.757. The van der Waals surface area contributed by atoms with Crippen molar-refractivity contribution in [2.75, 3.05) is 40.3 Å². The first kappa shape index (κ1) is 15.5. The third-order valence-corrected chi connectivity index (χ3v) is 3.40. The Bertz CT molecular complexity index is 509. The van der Waals surface area contributed by atoms with Gasteiger partial charge in [-0.1, -0.05) is 42.5 Å². The Morgan fingerprint density at radius 1 is 0.857 bits per heavy atom. The van der Waals surface area contributed by atoms with Gasteiger partial charge in [-0.25, -0.2) is 0 Å². The summed E-state index contributed by atoms with van der Waals surface area (Å²) in [6.07, 6.45) is 0. The fourth-order valence-corrected chi connectivity index (χ4v) is 2.17. The molecule has 0 radical (unpaired) electrons. The van der Waals surface area contributed by atoms with Crippen molar-refractivity contribution in [2.24, 2.45) is 0 Å². The summed E-state index contributed by atoms with van der Waals surface area (Å²) in [5.41, 5.74) is 2.46. The van der Waals surface area contributed by atoms with Crippen molar-refractivity contribution in [3.8, 4) is 16.9 Å². The molecule has 3 nitrogen and oxygen atoms in total. The SMILES string of the molecule is C[NH+](C)CC[NH2+]CCOc1ccc(-c2ccccc2)cc1. The van der Waals surface area contributed by atoms with E-state index < -0.39 is 0 Å². The van der Waals surface area contributed by atoms with Crippen molar-refractivity contribution in [1.82, 2.24) is 0 Å². The normalized spacial score (nSPS) is 10.8. The molecule has 0 spiro atoms. The lowest BCUT2D eigenvalue weighted by atomic mass is 10.1. The molecule has 0 heterocycles. The molecule has 0 aliphatic rings. The number of hydrogen-bond acceptors (Lipinski definition) is 1. The van der Waals surface area contributed by atoms with Crippen molar-refractivity contribution in [2.45, 2.75) is 0 Å². The van der Waals surface area contributed by atoms with Gasteiger partial charge in [-0.3, -0.25) is 0 Å². The molecule has 112 valence electrons. The maximum atomic E-state index is 5.77. The van der Waals surface area contributed by atoms with E-state index in [1.807, 2.05) is 18.2 Å². The monoisotopic (exact) mass is 286 g/mol. The van der Waals surface area contributed by atoms with Crippen LogP contribution in [0.1, 0.15) is 0 Å². The molecule has 0 fully saturated rings. The Balaban J connectivity index is 1.73. The zero-order valence-corrected chi connectivity index (χ0v) is 13.0. The minimum atomic E-state index is 0.757. The summed E-state index contributed by atoms with van der Waals surface area (Å²) in [7, 11) is 4.36. The van der Waals surface area contributed by atoms with Gasteiger partial charge in [-0.05, 0) is 23.3 Å². The molecule has 2 aromatic rings. The van der Waals surface area contributed by atoms with Crippen LogP contribution < -0.4 is 15.0 Å². The third-order valence-electron chi connectivity index (χ3n) is 3.40. The highest BCUT2D eigenvalue weighted by Crippen LogP contribution is 2.21. The van der Waals surface area contributed by atoms with Gasteiger partial charge in [0.25, 0.3) is 0 Å². The lowest BCUT2D eigenvalue weighted by Crippen LogP contribution is -3.09. The van der Waals surface area contributed by atoms with Crippen LogP contribution in [0.4, 0.5) is 0 Å². The maximum Gasteiger partial charge on any atom is 0.137 e. The average molecular weight is 286 g/mol. The fourth-order valence-electron chi connectivity index (χ4n) is 2.17. The molecule has 0 saturated carbocycles. The molecule has 0 atom stereocenters. The first-order valence-corrected chi connectivity index (χ1v) is 7.64. The van der Waals surface area contributed by atoms with E-state index in [1.165, 1.54) is 22.6 Å². The quantitative estimate of drug-likeness (QED) is 0.678. The van der Waals surface area contributed by atoms with Gasteiger partial charge in [0, 0.05) is 0 Å². The zero-order chi connectivity index (χ0) is 14.9. The van der Waals surface area contributed by atoms with Gasteiger partial charge in [0.05, 0.1) is 14.1 Å². The van der Waals surface area contributed by atoms with Gasteiger partial charge in [0.15, 0.2) is 0 Å². The molecule has 0 aliphatic carbocycles. The van der Waals surface area contributed by atoms with Crippen LogP contribution in [0.2, 0.25) is 0 Å². The second-order valence-corrected chi connectivity index (χ2v) is 5.56. The number of benzene rings is 2. The summed E-state index contributed by atoms with van der Waals surface area (Å²) in [5.74, 6) is 0.946. The lowest BCUT2D eigenvalue weighted by Gasteiger charge is -2.08. The smallest absolute Gasteiger partial charge is 0.137 e. The van der Waals surface area contributed by atoms with Crippen LogP contribution >= 0.6 is 0 Å². The summed E-state index contributed by atoms with van der Waals surface area (Å²) in [5, 5.41) is 2.31. The summed E-state index contributed by atoms with van der Waals surface area (Å²) in [6.45, 7) is 4.10. The summed E-state index contributed by atoms with van der Waals surface area (Å²) < 4.78 is 5.77. The van der Waals surface area contributed by atoms with Crippen LogP contribution in [0.3, 0.4) is 0 Å². The lowest BCUT2D eigenvalue weighted by molar-refractivity contribution is -0.874. The van der Waals surface area contributed by atoms with E-state index in [4.69, 9.17) is 4.74 Å². The van der Waals surface area contributed by atoms with Crippen molar-refractivity contribution >= 4 is 0 Å². The molecule has 0 aliphatic heterocycles. The molecular formula is C18H26N2O+2. The number of ether oxygens (including phenoxy) is 1. The molecule has 0 saturated heterocycles. The van der Waals surface area contributed by atoms with Crippen molar-refractivity contribution < 1.29 is 15.0 Å². The highest BCUT2D eigenvalue weighted by atomic mass is 16.5. The van der Waals surface area contributed by atoms with Crippen molar-refractivity contribution in [3.63, 3.8) is 0 Å². The van der Waals surface area contributed by atoms with E-state index >= 15 is 0 Å². The van der Waals surface area contributed by atoms with E-state index in [-0.39, 0.29) is 0 Å². The third kappa shape index (κ3) is 5.58. The molecule has 3 heteroatoms. The van der Waals surface area contributed by atoms with Crippen LogP contribution in [0, 0.1) is 0 Å². The Hall–Kier alpha value is -1.84. The second-order valence-electron chi connectivity index (χ2n) is 5.56. The van der Waals surface area contributed by atoms with Gasteiger partial charge in [0.1, 0.15) is 32.0 Å². The van der Waals surface area contributed by atoms with Gasteiger partial charge < -0.3 is 15.0 Å². The minimum Gasteiger partial charge on any atom is -0.488 e. The number of hydrogen-bond donors (Lipinski definition) is 2. The molecule has 3 N–H and O–H groups in total. The number of nitrogens with two attached hydrogens (primary N) is 1. The van der Waals surface area contributed by atoms with E-state index in [2.05, 4.69) is 55.8 Å². The molecule has 0 unspecified atom stereocenters. The summed E-state index contributed by atoms with van der Waals surface area (Å²) in [4.78, 5) is 1.49. The largest absolute Gasteiger partial charge is 0.488 e. The number of likely N-dealkylation sites (N-methyl/N-ethyl adjacent to an activating group) is 1. The van der Waals surface area contributed by atoms with Crippen LogP contribution in [0.5, 0.6) is 5.75 Å². The highest BCUT2D eigenvalue weighted by molar-refractivity contribution is 5.63. The van der Waals surface area contributed by atoms with E-state index in [0.717, 1.165) is 25.4 Å². The first-order valence-electron chi connectivity index (χ1n) is 7.64. The Morgan fingerprint density at radius 2 is 1.52 bits per heavy atom. The summed E-state index contributed by atoms with van der Waals surface area (Å²) in [6, 6.07) is 18.7. The summed E-state index contributed by atoms with van der Waals surface area (Å²) >= 11 is 0. The van der Waals surface area contributed by atoms with Crippen LogP contribution in [0.25, 0.3) is 11.1 Å². The fraction of sp³-hybridized carbons (Fsp3) is 0.333. The zero-order valence-electron chi connectivity index (χ0n) is 13.0. The van der Waals surface area contributed by atoms with E-state index in [9.17, 15) is 0 Å². The van der Waals surface area contributed by atoms with Crippen molar-refractivity contribution in [1.29, 1.82) is 0 Å². The Morgan fingerprint density at radius 3 is 2.19 bits per heavy atom. The van der Waals surface area contributed by atoms with Crippen LogP contribution in [-0.4, -0.2) is 40.3 Å². The highest BCUT2D eigenvalue weighted by Gasteiger charge is 1.99. The molecule has 0 aromatic heterocycles.